The molecule has 1 aromatic heterocycles. The lowest BCUT2D eigenvalue weighted by molar-refractivity contribution is -0.125. The topological polar surface area (TPSA) is 79.3 Å². The molecule has 134 valence electrons. The maximum Gasteiger partial charge on any atom is 0.317 e. The normalized spacial score (nSPS) is 20.5. The highest BCUT2D eigenvalue weighted by Crippen LogP contribution is 2.24. The molecule has 24 heavy (non-hydrogen) atoms. The Kier molecular flexibility index (Phi) is 6.63. The SMILES string of the molecule is CCCN(Cc1cnn(C)c1)C(=O)NC1CCC(C(=O)NC)CC1. The van der Waals surface area contributed by atoms with E-state index < -0.39 is 0 Å². The Morgan fingerprint density at radius 3 is 2.58 bits per heavy atom. The number of hydrogen-bond acceptors (Lipinski definition) is 3. The van der Waals surface area contributed by atoms with Gasteiger partial charge in [-0.05, 0) is 32.1 Å². The third-order valence-corrected chi connectivity index (χ3v) is 4.58. The molecule has 0 aromatic carbocycles. The maximum absolute atomic E-state index is 12.6. The van der Waals surface area contributed by atoms with Gasteiger partial charge < -0.3 is 15.5 Å². The molecule has 2 rings (SSSR count). The average molecular weight is 335 g/mol. The Balaban J connectivity index is 1.85. The van der Waals surface area contributed by atoms with Crippen molar-refractivity contribution in [2.24, 2.45) is 13.0 Å². The monoisotopic (exact) mass is 335 g/mol. The molecule has 0 spiro atoms. The largest absolute Gasteiger partial charge is 0.359 e. The standard InChI is InChI=1S/C17H29N5O2/c1-4-9-22(12-13-10-19-21(3)11-13)17(24)20-15-7-5-14(6-8-15)16(23)18-2/h10-11,14-15H,4-9,12H2,1-3H3,(H,18,23)(H,20,24). The van der Waals surface area contributed by atoms with E-state index in [-0.39, 0.29) is 23.9 Å². The molecule has 1 heterocycles. The second kappa shape index (κ2) is 8.70. The smallest absolute Gasteiger partial charge is 0.317 e. The third-order valence-electron chi connectivity index (χ3n) is 4.58. The zero-order valence-electron chi connectivity index (χ0n) is 14.9. The van der Waals surface area contributed by atoms with Crippen LogP contribution in [-0.4, -0.2) is 46.3 Å². The zero-order chi connectivity index (χ0) is 17.5. The number of hydrogen-bond donors (Lipinski definition) is 2. The lowest BCUT2D eigenvalue weighted by Crippen LogP contribution is -2.46. The molecule has 2 N–H and O–H groups in total. The van der Waals surface area contributed by atoms with E-state index in [1.165, 1.54) is 0 Å². The first-order valence-corrected chi connectivity index (χ1v) is 8.78. The minimum Gasteiger partial charge on any atom is -0.359 e. The lowest BCUT2D eigenvalue weighted by Gasteiger charge is -2.30. The summed E-state index contributed by atoms with van der Waals surface area (Å²) in [6.07, 6.45) is 8.03. The van der Waals surface area contributed by atoms with Crippen LogP contribution in [-0.2, 0) is 18.4 Å². The van der Waals surface area contributed by atoms with Crippen LogP contribution in [0.15, 0.2) is 12.4 Å². The van der Waals surface area contributed by atoms with Crippen LogP contribution in [0.2, 0.25) is 0 Å². The Hall–Kier alpha value is -2.05. The number of aryl methyl sites for hydroxylation is 1. The van der Waals surface area contributed by atoms with Gasteiger partial charge in [-0.1, -0.05) is 6.92 Å². The van der Waals surface area contributed by atoms with Gasteiger partial charge in [-0.3, -0.25) is 9.48 Å². The van der Waals surface area contributed by atoms with Crippen LogP contribution in [0.5, 0.6) is 0 Å². The zero-order valence-corrected chi connectivity index (χ0v) is 14.9. The van der Waals surface area contributed by atoms with Crippen molar-refractivity contribution in [3.05, 3.63) is 18.0 Å². The first-order chi connectivity index (χ1) is 11.5. The Labute approximate surface area is 143 Å². The van der Waals surface area contributed by atoms with Crippen molar-refractivity contribution in [1.29, 1.82) is 0 Å². The molecule has 7 nitrogen and oxygen atoms in total. The van der Waals surface area contributed by atoms with Gasteiger partial charge in [0.25, 0.3) is 0 Å². The first kappa shape index (κ1) is 18.3. The van der Waals surface area contributed by atoms with E-state index in [1.807, 2.05) is 18.1 Å². The number of urea groups is 1. The van der Waals surface area contributed by atoms with Crippen LogP contribution < -0.4 is 10.6 Å². The number of aromatic nitrogens is 2. The van der Waals surface area contributed by atoms with Crippen molar-refractivity contribution in [2.75, 3.05) is 13.6 Å². The van der Waals surface area contributed by atoms with Gasteiger partial charge in [0.2, 0.25) is 5.91 Å². The van der Waals surface area contributed by atoms with Crippen molar-refractivity contribution < 1.29 is 9.59 Å². The van der Waals surface area contributed by atoms with Gasteiger partial charge in [-0.25, -0.2) is 4.79 Å². The predicted octanol–water partition coefficient (Wildman–Crippen LogP) is 1.65. The van der Waals surface area contributed by atoms with Gasteiger partial charge in [0.05, 0.1) is 12.7 Å². The van der Waals surface area contributed by atoms with E-state index in [9.17, 15) is 9.59 Å². The van der Waals surface area contributed by atoms with Crippen molar-refractivity contribution in [1.82, 2.24) is 25.3 Å². The van der Waals surface area contributed by atoms with Gasteiger partial charge in [0.15, 0.2) is 0 Å². The molecule has 0 saturated heterocycles. The van der Waals surface area contributed by atoms with E-state index in [0.717, 1.165) is 37.7 Å². The van der Waals surface area contributed by atoms with Crippen molar-refractivity contribution in [3.8, 4) is 0 Å². The van der Waals surface area contributed by atoms with Crippen LogP contribution in [0, 0.1) is 5.92 Å². The predicted molar refractivity (Wildman–Crippen MR) is 92.3 cm³/mol. The Morgan fingerprint density at radius 1 is 1.33 bits per heavy atom. The molecule has 1 aliphatic carbocycles. The van der Waals surface area contributed by atoms with Crippen LogP contribution in [0.25, 0.3) is 0 Å². The summed E-state index contributed by atoms with van der Waals surface area (Å²) in [7, 11) is 3.55. The summed E-state index contributed by atoms with van der Waals surface area (Å²) < 4.78 is 1.75. The van der Waals surface area contributed by atoms with Gasteiger partial charge >= 0.3 is 6.03 Å². The molecule has 0 atom stereocenters. The molecule has 1 aliphatic rings. The summed E-state index contributed by atoms with van der Waals surface area (Å²) in [5.41, 5.74) is 1.03. The quantitative estimate of drug-likeness (QED) is 0.829. The highest BCUT2D eigenvalue weighted by Gasteiger charge is 2.27. The van der Waals surface area contributed by atoms with E-state index in [2.05, 4.69) is 22.7 Å². The van der Waals surface area contributed by atoms with Crippen LogP contribution in [0.1, 0.15) is 44.6 Å². The molecular formula is C17H29N5O2. The number of nitrogens with zero attached hydrogens (tertiary/aromatic N) is 3. The molecular weight excluding hydrogens is 306 g/mol. The van der Waals surface area contributed by atoms with Crippen LogP contribution in [0.4, 0.5) is 4.79 Å². The van der Waals surface area contributed by atoms with E-state index >= 15 is 0 Å². The van der Waals surface area contributed by atoms with Gasteiger partial charge in [-0.2, -0.15) is 5.10 Å². The van der Waals surface area contributed by atoms with Crippen molar-refractivity contribution >= 4 is 11.9 Å². The van der Waals surface area contributed by atoms with E-state index in [4.69, 9.17) is 0 Å². The number of carbonyl (C=O) groups excluding carboxylic acids is 2. The molecule has 1 aromatic rings. The molecule has 0 aliphatic heterocycles. The molecule has 0 bridgehead atoms. The summed E-state index contributed by atoms with van der Waals surface area (Å²) in [5.74, 6) is 0.203. The summed E-state index contributed by atoms with van der Waals surface area (Å²) in [6.45, 7) is 3.35. The minimum atomic E-state index is -0.0240. The van der Waals surface area contributed by atoms with Gasteiger partial charge in [-0.15, -0.1) is 0 Å². The highest BCUT2D eigenvalue weighted by molar-refractivity contribution is 5.78. The summed E-state index contributed by atoms with van der Waals surface area (Å²) >= 11 is 0. The fraction of sp³-hybridized carbons (Fsp3) is 0.706. The van der Waals surface area contributed by atoms with Gasteiger partial charge in [0.1, 0.15) is 0 Å². The fourth-order valence-electron chi connectivity index (χ4n) is 3.27. The minimum absolute atomic E-state index is 0.0240. The molecule has 1 fully saturated rings. The van der Waals surface area contributed by atoms with E-state index in [0.29, 0.717) is 13.1 Å². The second-order valence-corrected chi connectivity index (χ2v) is 6.56. The summed E-state index contributed by atoms with van der Waals surface area (Å²) in [6, 6.07) is 0.135. The third kappa shape index (κ3) is 4.97. The first-order valence-electron chi connectivity index (χ1n) is 8.78. The molecule has 1 saturated carbocycles. The maximum atomic E-state index is 12.6. The molecule has 7 heteroatoms. The Morgan fingerprint density at radius 2 is 2.04 bits per heavy atom. The summed E-state index contributed by atoms with van der Waals surface area (Å²) in [4.78, 5) is 26.1. The number of carbonyl (C=O) groups is 2. The number of nitrogens with one attached hydrogen (secondary N) is 2. The second-order valence-electron chi connectivity index (χ2n) is 6.56. The van der Waals surface area contributed by atoms with Crippen LogP contribution >= 0.6 is 0 Å². The van der Waals surface area contributed by atoms with Gasteiger partial charge in [0, 0.05) is 44.4 Å². The molecule has 0 radical (unpaired) electrons. The highest BCUT2D eigenvalue weighted by atomic mass is 16.2. The van der Waals surface area contributed by atoms with Crippen LogP contribution in [0.3, 0.4) is 0 Å². The van der Waals surface area contributed by atoms with Crippen molar-refractivity contribution in [2.45, 2.75) is 51.6 Å². The number of amides is 3. The van der Waals surface area contributed by atoms with E-state index in [1.54, 1.807) is 17.9 Å². The fourth-order valence-corrected chi connectivity index (χ4v) is 3.27. The summed E-state index contributed by atoms with van der Waals surface area (Å²) in [5, 5.41) is 10.0. The lowest BCUT2D eigenvalue weighted by atomic mass is 9.85. The molecule has 3 amide bonds. The number of rotatable bonds is 6. The molecule has 0 unspecified atom stereocenters. The Bertz CT molecular complexity index is 549. The van der Waals surface area contributed by atoms with Crippen molar-refractivity contribution in [3.63, 3.8) is 0 Å². The average Bonchev–Trinajstić information content (AvgIpc) is 2.99.